The summed E-state index contributed by atoms with van der Waals surface area (Å²) in [6, 6.07) is 5.93. The smallest absolute Gasteiger partial charge is 0.224 e. The molecule has 1 aliphatic heterocycles. The summed E-state index contributed by atoms with van der Waals surface area (Å²) in [4.78, 5) is 12.0. The van der Waals surface area contributed by atoms with E-state index in [2.05, 4.69) is 5.32 Å². The number of nitrogens with one attached hydrogen (secondary N) is 1. The lowest BCUT2D eigenvalue weighted by molar-refractivity contribution is -0.117. The van der Waals surface area contributed by atoms with E-state index in [9.17, 15) is 4.79 Å². The fourth-order valence-corrected chi connectivity index (χ4v) is 2.60. The van der Waals surface area contributed by atoms with Crippen LogP contribution in [0.5, 0.6) is 0 Å². The van der Waals surface area contributed by atoms with Gasteiger partial charge in [-0.25, -0.2) is 0 Å². The summed E-state index contributed by atoms with van der Waals surface area (Å²) in [6.07, 6.45) is 5.01. The van der Waals surface area contributed by atoms with Crippen LogP contribution in [0.25, 0.3) is 0 Å². The third kappa shape index (κ3) is 4.62. The summed E-state index contributed by atoms with van der Waals surface area (Å²) < 4.78 is 5.64. The molecule has 0 saturated carbocycles. The standard InChI is InChI=1S/C16H24N2O2/c1-12-8-13(11-17)10-14(9-12)18-16(19)6-5-15-4-2-3-7-20-15/h8-10,15H,2-7,11,17H2,1H3,(H,18,19). The summed E-state index contributed by atoms with van der Waals surface area (Å²) in [5, 5.41) is 2.95. The first-order chi connectivity index (χ1) is 9.67. The number of hydrogen-bond donors (Lipinski definition) is 2. The molecule has 1 fully saturated rings. The molecule has 1 aliphatic rings. The lowest BCUT2D eigenvalue weighted by Gasteiger charge is -2.22. The molecule has 4 heteroatoms. The van der Waals surface area contributed by atoms with Gasteiger partial charge in [-0.15, -0.1) is 0 Å². The Kier molecular flexibility index (Phi) is 5.56. The first kappa shape index (κ1) is 15.0. The van der Waals surface area contributed by atoms with Gasteiger partial charge in [-0.05, 0) is 55.9 Å². The molecule has 1 unspecified atom stereocenters. The summed E-state index contributed by atoms with van der Waals surface area (Å²) in [7, 11) is 0. The topological polar surface area (TPSA) is 64.3 Å². The summed E-state index contributed by atoms with van der Waals surface area (Å²) >= 11 is 0. The Labute approximate surface area is 120 Å². The monoisotopic (exact) mass is 276 g/mol. The van der Waals surface area contributed by atoms with Crippen LogP contribution in [0.2, 0.25) is 0 Å². The molecule has 1 atom stereocenters. The highest BCUT2D eigenvalue weighted by Gasteiger charge is 2.15. The molecular weight excluding hydrogens is 252 g/mol. The minimum Gasteiger partial charge on any atom is -0.378 e. The van der Waals surface area contributed by atoms with E-state index < -0.39 is 0 Å². The van der Waals surface area contributed by atoms with Crippen molar-refractivity contribution >= 4 is 11.6 Å². The Morgan fingerprint density at radius 1 is 1.40 bits per heavy atom. The third-order valence-corrected chi connectivity index (χ3v) is 3.62. The molecule has 1 saturated heterocycles. The van der Waals surface area contributed by atoms with Crippen molar-refractivity contribution < 1.29 is 9.53 Å². The highest BCUT2D eigenvalue weighted by atomic mass is 16.5. The van der Waals surface area contributed by atoms with Gasteiger partial charge in [0.2, 0.25) is 5.91 Å². The first-order valence-corrected chi connectivity index (χ1v) is 7.39. The highest BCUT2D eigenvalue weighted by Crippen LogP contribution is 2.18. The zero-order chi connectivity index (χ0) is 14.4. The Morgan fingerprint density at radius 3 is 2.95 bits per heavy atom. The fourth-order valence-electron chi connectivity index (χ4n) is 2.60. The van der Waals surface area contributed by atoms with E-state index in [0.717, 1.165) is 42.7 Å². The molecule has 0 aliphatic carbocycles. The van der Waals surface area contributed by atoms with Gasteiger partial charge >= 0.3 is 0 Å². The molecular formula is C16H24N2O2. The number of ether oxygens (including phenoxy) is 1. The van der Waals surface area contributed by atoms with E-state index >= 15 is 0 Å². The maximum atomic E-state index is 12.0. The quantitative estimate of drug-likeness (QED) is 0.869. The number of rotatable bonds is 5. The van der Waals surface area contributed by atoms with Gasteiger partial charge in [0, 0.05) is 25.3 Å². The lowest BCUT2D eigenvalue weighted by atomic mass is 10.0. The van der Waals surface area contributed by atoms with Crippen LogP contribution in [0.1, 0.15) is 43.2 Å². The van der Waals surface area contributed by atoms with Crippen LogP contribution in [0.4, 0.5) is 5.69 Å². The molecule has 0 spiro atoms. The van der Waals surface area contributed by atoms with Crippen LogP contribution in [0.3, 0.4) is 0 Å². The van der Waals surface area contributed by atoms with Crippen LogP contribution in [0.15, 0.2) is 18.2 Å². The minimum absolute atomic E-state index is 0.0488. The first-order valence-electron chi connectivity index (χ1n) is 7.39. The second-order valence-electron chi connectivity index (χ2n) is 5.49. The van der Waals surface area contributed by atoms with Crippen LogP contribution >= 0.6 is 0 Å². The average Bonchev–Trinajstić information content (AvgIpc) is 2.45. The molecule has 0 aromatic heterocycles. The molecule has 1 amide bonds. The molecule has 3 N–H and O–H groups in total. The molecule has 20 heavy (non-hydrogen) atoms. The largest absolute Gasteiger partial charge is 0.378 e. The summed E-state index contributed by atoms with van der Waals surface area (Å²) in [5.74, 6) is 0.0488. The van der Waals surface area contributed by atoms with Crippen molar-refractivity contribution in [2.45, 2.75) is 51.7 Å². The Balaban J connectivity index is 1.83. The van der Waals surface area contributed by atoms with Crippen molar-refractivity contribution in [3.05, 3.63) is 29.3 Å². The minimum atomic E-state index is 0.0488. The maximum Gasteiger partial charge on any atom is 0.224 e. The van der Waals surface area contributed by atoms with E-state index in [4.69, 9.17) is 10.5 Å². The molecule has 0 radical (unpaired) electrons. The number of hydrogen-bond acceptors (Lipinski definition) is 3. The van der Waals surface area contributed by atoms with Gasteiger partial charge in [-0.2, -0.15) is 0 Å². The highest BCUT2D eigenvalue weighted by molar-refractivity contribution is 5.90. The Hall–Kier alpha value is -1.39. The number of benzene rings is 1. The van der Waals surface area contributed by atoms with Crippen molar-refractivity contribution in [3.63, 3.8) is 0 Å². The van der Waals surface area contributed by atoms with Crippen molar-refractivity contribution in [2.75, 3.05) is 11.9 Å². The van der Waals surface area contributed by atoms with Crippen LogP contribution in [0, 0.1) is 6.92 Å². The molecule has 1 aromatic carbocycles. The van der Waals surface area contributed by atoms with Gasteiger partial charge in [0.25, 0.3) is 0 Å². The number of amides is 1. The number of nitrogens with two attached hydrogens (primary N) is 1. The fraction of sp³-hybridized carbons (Fsp3) is 0.562. The van der Waals surface area contributed by atoms with Crippen molar-refractivity contribution in [1.29, 1.82) is 0 Å². The van der Waals surface area contributed by atoms with Gasteiger partial charge in [-0.3, -0.25) is 4.79 Å². The average molecular weight is 276 g/mol. The number of carbonyl (C=O) groups excluding carboxylic acids is 1. The number of carbonyl (C=O) groups is 1. The molecule has 110 valence electrons. The van der Waals surface area contributed by atoms with Crippen LogP contribution in [-0.4, -0.2) is 18.6 Å². The summed E-state index contributed by atoms with van der Waals surface area (Å²) in [6.45, 7) is 3.33. The second-order valence-corrected chi connectivity index (χ2v) is 5.49. The van der Waals surface area contributed by atoms with Gasteiger partial charge in [0.15, 0.2) is 0 Å². The van der Waals surface area contributed by atoms with Crippen molar-refractivity contribution in [3.8, 4) is 0 Å². The van der Waals surface area contributed by atoms with E-state index in [1.165, 1.54) is 6.42 Å². The van der Waals surface area contributed by atoms with Gasteiger partial charge in [-0.1, -0.05) is 6.07 Å². The third-order valence-electron chi connectivity index (χ3n) is 3.62. The van der Waals surface area contributed by atoms with E-state index in [1.54, 1.807) is 0 Å². The zero-order valence-electron chi connectivity index (χ0n) is 12.2. The van der Waals surface area contributed by atoms with E-state index in [-0.39, 0.29) is 12.0 Å². The van der Waals surface area contributed by atoms with Crippen LogP contribution < -0.4 is 11.1 Å². The van der Waals surface area contributed by atoms with Gasteiger partial charge in [0.1, 0.15) is 0 Å². The normalized spacial score (nSPS) is 18.8. The second kappa shape index (κ2) is 7.41. The maximum absolute atomic E-state index is 12.0. The van der Waals surface area contributed by atoms with Gasteiger partial charge in [0.05, 0.1) is 6.10 Å². The number of anilines is 1. The number of aryl methyl sites for hydroxylation is 1. The van der Waals surface area contributed by atoms with E-state index in [1.807, 2.05) is 25.1 Å². The summed E-state index contributed by atoms with van der Waals surface area (Å²) in [5.41, 5.74) is 8.63. The molecule has 4 nitrogen and oxygen atoms in total. The Bertz CT molecular complexity index is 454. The molecule has 2 rings (SSSR count). The molecule has 1 aromatic rings. The van der Waals surface area contributed by atoms with Crippen molar-refractivity contribution in [1.82, 2.24) is 0 Å². The van der Waals surface area contributed by atoms with Crippen molar-refractivity contribution in [2.24, 2.45) is 5.73 Å². The zero-order valence-corrected chi connectivity index (χ0v) is 12.2. The predicted molar refractivity (Wildman–Crippen MR) is 80.5 cm³/mol. The SMILES string of the molecule is Cc1cc(CN)cc(NC(=O)CCC2CCCCO2)c1. The predicted octanol–water partition coefficient (Wildman–Crippen LogP) is 2.74. The van der Waals surface area contributed by atoms with Crippen LogP contribution in [-0.2, 0) is 16.1 Å². The van der Waals surface area contributed by atoms with Gasteiger partial charge < -0.3 is 15.8 Å². The molecule has 0 bridgehead atoms. The Morgan fingerprint density at radius 2 is 2.25 bits per heavy atom. The lowest BCUT2D eigenvalue weighted by Crippen LogP contribution is -2.21. The van der Waals surface area contributed by atoms with E-state index in [0.29, 0.717) is 13.0 Å². The molecule has 1 heterocycles.